The van der Waals surface area contributed by atoms with Crippen molar-refractivity contribution in [3.05, 3.63) is 22.3 Å². The fourth-order valence-electron chi connectivity index (χ4n) is 3.17. The number of aromatic nitrogens is 5. The van der Waals surface area contributed by atoms with Gasteiger partial charge in [-0.3, -0.25) is 14.5 Å². The molecule has 0 spiro atoms. The monoisotopic (exact) mass is 526 g/mol. The molecule has 15 nitrogen and oxygen atoms in total. The minimum Gasteiger partial charge on any atom is -0.477 e. The van der Waals surface area contributed by atoms with Crippen molar-refractivity contribution < 1.29 is 24.3 Å². The molecule has 0 aliphatic carbocycles. The number of nitrogens with two attached hydrogens (primary N) is 2. The predicted octanol–water partition coefficient (Wildman–Crippen LogP) is -1.30. The maximum Gasteiger partial charge on any atom is 0.352 e. The number of carbonyl (C=O) groups is 3. The molecular formula is C16H18N10O5S3. The van der Waals surface area contributed by atoms with Gasteiger partial charge in [0.05, 0.1) is 0 Å². The standard InChI is InChI=1S/C16H18N10O5S3/c1-2-31-22-8(7-5-33-15(17)19-7)11(27)20-9-12(28)25-10(14(29)30)6(3-32-13(9)25)4-34-16-21-23-24-26(16)18/h5,9,13H,2-4,18H2,1H3,(H2,17,19)(H,20,27)(H,29,30)/b22-8-/t9-,13+/m1/s1. The molecule has 0 aromatic carbocycles. The number of tetrazole rings is 1. The summed E-state index contributed by atoms with van der Waals surface area (Å²) >= 11 is 3.60. The third-order valence-corrected chi connectivity index (χ3v) is 7.67. The number of thiazole rings is 1. The molecule has 4 heterocycles. The molecule has 2 atom stereocenters. The lowest BCUT2D eigenvalue weighted by Crippen LogP contribution is -2.71. The minimum absolute atomic E-state index is 0.127. The second-order valence-electron chi connectivity index (χ2n) is 6.74. The van der Waals surface area contributed by atoms with Gasteiger partial charge in [-0.05, 0) is 22.9 Å². The van der Waals surface area contributed by atoms with Gasteiger partial charge in [-0.1, -0.05) is 22.0 Å². The number of nitrogens with one attached hydrogen (secondary N) is 1. The Labute approximate surface area is 203 Å². The number of aliphatic carboxylic acids is 1. The van der Waals surface area contributed by atoms with E-state index < -0.39 is 29.2 Å². The number of nitrogens with zero attached hydrogens (tertiary/aromatic N) is 7. The fraction of sp³-hybridized carbons (Fsp3) is 0.375. The SMILES string of the molecule is CCO/N=C(\C(=O)N[C@@H]1C(=O)N2C(C(=O)O)=C(CSc3nnnn3N)CS[C@@H]12)c1csc(N)n1. The quantitative estimate of drug-likeness (QED) is 0.0983. The van der Waals surface area contributed by atoms with Crippen LogP contribution in [0, 0.1) is 0 Å². The first-order chi connectivity index (χ1) is 16.3. The number of β-lactam (4-membered cyclic amide) rings is 1. The molecule has 2 aliphatic heterocycles. The maximum atomic E-state index is 12.9. The van der Waals surface area contributed by atoms with Crippen LogP contribution in [0.5, 0.6) is 0 Å². The van der Waals surface area contributed by atoms with Crippen LogP contribution in [0.1, 0.15) is 12.6 Å². The number of fused-ring (bicyclic) bond motifs is 1. The van der Waals surface area contributed by atoms with Crippen LogP contribution in [0.25, 0.3) is 0 Å². The highest BCUT2D eigenvalue weighted by molar-refractivity contribution is 8.01. The van der Waals surface area contributed by atoms with Gasteiger partial charge in [-0.15, -0.1) is 27.9 Å². The summed E-state index contributed by atoms with van der Waals surface area (Å²) in [5.41, 5.74) is 6.11. The molecule has 2 aromatic rings. The van der Waals surface area contributed by atoms with Crippen LogP contribution >= 0.6 is 34.9 Å². The molecule has 1 fully saturated rings. The summed E-state index contributed by atoms with van der Waals surface area (Å²) in [7, 11) is 0. The summed E-state index contributed by atoms with van der Waals surface area (Å²) in [4.78, 5) is 49.0. The molecule has 0 unspecified atom stereocenters. The fourth-order valence-corrected chi connectivity index (χ4v) is 5.99. The lowest BCUT2D eigenvalue weighted by atomic mass is 10.0. The van der Waals surface area contributed by atoms with Crippen molar-refractivity contribution in [3.63, 3.8) is 0 Å². The highest BCUT2D eigenvalue weighted by atomic mass is 32.2. The van der Waals surface area contributed by atoms with Gasteiger partial charge in [0.2, 0.25) is 5.16 Å². The Balaban J connectivity index is 1.49. The van der Waals surface area contributed by atoms with E-state index in [0.717, 1.165) is 27.9 Å². The summed E-state index contributed by atoms with van der Waals surface area (Å²) < 4.78 is 0. The van der Waals surface area contributed by atoms with Gasteiger partial charge in [-0.25, -0.2) is 9.78 Å². The van der Waals surface area contributed by atoms with E-state index in [1.807, 2.05) is 0 Å². The summed E-state index contributed by atoms with van der Waals surface area (Å²) in [6.45, 7) is 1.92. The van der Waals surface area contributed by atoms with E-state index >= 15 is 0 Å². The molecule has 2 amide bonds. The normalized spacial score (nSPS) is 20.1. The molecule has 0 radical (unpaired) electrons. The Kier molecular flexibility index (Phi) is 6.89. The van der Waals surface area contributed by atoms with Crippen molar-refractivity contribution >= 4 is 63.5 Å². The van der Waals surface area contributed by atoms with E-state index in [9.17, 15) is 19.5 Å². The number of carboxylic acids is 1. The van der Waals surface area contributed by atoms with E-state index in [1.165, 1.54) is 16.7 Å². The zero-order chi connectivity index (χ0) is 24.4. The molecular weight excluding hydrogens is 508 g/mol. The molecule has 0 saturated carbocycles. The van der Waals surface area contributed by atoms with Crippen molar-refractivity contribution in [1.82, 2.24) is 35.5 Å². The first-order valence-corrected chi connectivity index (χ1v) is 12.5. The molecule has 34 heavy (non-hydrogen) atoms. The molecule has 2 aromatic heterocycles. The van der Waals surface area contributed by atoms with Crippen LogP contribution in [0.2, 0.25) is 0 Å². The molecule has 4 rings (SSSR count). The first kappa shape index (κ1) is 23.8. The van der Waals surface area contributed by atoms with Gasteiger partial charge >= 0.3 is 5.97 Å². The minimum atomic E-state index is -1.25. The summed E-state index contributed by atoms with van der Waals surface area (Å²) in [6, 6.07) is -0.944. The number of rotatable bonds is 9. The highest BCUT2D eigenvalue weighted by Gasteiger charge is 2.54. The van der Waals surface area contributed by atoms with Gasteiger partial charge in [-0.2, -0.15) is 0 Å². The molecule has 180 valence electrons. The number of carboxylic acid groups (broad SMARTS) is 1. The Morgan fingerprint density at radius 1 is 1.47 bits per heavy atom. The molecule has 1 saturated heterocycles. The van der Waals surface area contributed by atoms with Crippen molar-refractivity contribution in [2.75, 3.05) is 29.7 Å². The largest absolute Gasteiger partial charge is 0.477 e. The second kappa shape index (κ2) is 9.85. The van der Waals surface area contributed by atoms with E-state index in [1.54, 1.807) is 12.3 Å². The predicted molar refractivity (Wildman–Crippen MR) is 123 cm³/mol. The van der Waals surface area contributed by atoms with Crippen LogP contribution in [0.15, 0.2) is 27.0 Å². The van der Waals surface area contributed by atoms with Crippen LogP contribution in [0.3, 0.4) is 0 Å². The smallest absolute Gasteiger partial charge is 0.352 e. The third kappa shape index (κ3) is 4.50. The van der Waals surface area contributed by atoms with Gasteiger partial charge in [0.25, 0.3) is 11.8 Å². The summed E-state index contributed by atoms with van der Waals surface area (Å²) in [5.74, 6) is 3.64. The van der Waals surface area contributed by atoms with E-state index in [-0.39, 0.29) is 34.6 Å². The van der Waals surface area contributed by atoms with Crippen LogP contribution in [0.4, 0.5) is 5.13 Å². The van der Waals surface area contributed by atoms with Crippen molar-refractivity contribution in [2.24, 2.45) is 5.16 Å². The Morgan fingerprint density at radius 3 is 2.88 bits per heavy atom. The van der Waals surface area contributed by atoms with Crippen LogP contribution in [-0.2, 0) is 19.2 Å². The number of thioether (sulfide) groups is 2. The highest BCUT2D eigenvalue weighted by Crippen LogP contribution is 2.41. The van der Waals surface area contributed by atoms with Crippen molar-refractivity contribution in [1.29, 1.82) is 0 Å². The maximum absolute atomic E-state index is 12.9. The summed E-state index contributed by atoms with van der Waals surface area (Å²) in [6.07, 6.45) is 0. The van der Waals surface area contributed by atoms with Gasteiger partial charge in [0, 0.05) is 16.9 Å². The average molecular weight is 527 g/mol. The first-order valence-electron chi connectivity index (χ1n) is 9.60. The van der Waals surface area contributed by atoms with Gasteiger partial charge < -0.3 is 26.8 Å². The van der Waals surface area contributed by atoms with Crippen LogP contribution in [-0.4, -0.2) is 88.3 Å². The van der Waals surface area contributed by atoms with E-state index in [4.69, 9.17) is 16.4 Å². The van der Waals surface area contributed by atoms with Crippen LogP contribution < -0.4 is 16.9 Å². The number of carbonyl (C=O) groups excluding carboxylic acids is 2. The number of oxime groups is 1. The lowest BCUT2D eigenvalue weighted by Gasteiger charge is -2.49. The number of amides is 2. The van der Waals surface area contributed by atoms with Crippen molar-refractivity contribution in [3.8, 4) is 0 Å². The van der Waals surface area contributed by atoms with Crippen molar-refractivity contribution in [2.45, 2.75) is 23.5 Å². The second-order valence-corrected chi connectivity index (χ2v) is 9.68. The topological polar surface area (TPSA) is 217 Å². The van der Waals surface area contributed by atoms with E-state index in [0.29, 0.717) is 16.5 Å². The Hall–Kier alpha value is -3.38. The zero-order valence-electron chi connectivity index (χ0n) is 17.4. The number of anilines is 1. The number of nitrogen functional groups attached to an aromatic ring is 2. The lowest BCUT2D eigenvalue weighted by molar-refractivity contribution is -0.150. The Morgan fingerprint density at radius 2 is 2.26 bits per heavy atom. The average Bonchev–Trinajstić information content (AvgIpc) is 3.43. The molecule has 0 bridgehead atoms. The zero-order valence-corrected chi connectivity index (χ0v) is 19.9. The summed E-state index contributed by atoms with van der Waals surface area (Å²) in [5, 5.41) is 28.4. The molecule has 2 aliphatic rings. The Bertz CT molecular complexity index is 1190. The van der Waals surface area contributed by atoms with Gasteiger partial charge in [0.1, 0.15) is 29.4 Å². The third-order valence-electron chi connectivity index (χ3n) is 4.64. The number of hydrogen-bond donors (Lipinski definition) is 4. The van der Waals surface area contributed by atoms with Gasteiger partial charge in [0.15, 0.2) is 10.8 Å². The van der Waals surface area contributed by atoms with E-state index in [2.05, 4.69) is 31.0 Å². The molecule has 6 N–H and O–H groups in total. The molecule has 18 heteroatoms. The number of hydrogen-bond acceptors (Lipinski definition) is 14.